The Kier molecular flexibility index (Phi) is 5.90. The molecule has 1 unspecified atom stereocenters. The number of aromatic nitrogens is 4. The molecule has 0 aromatic carbocycles. The number of fused-ring (bicyclic) bond motifs is 1. The summed E-state index contributed by atoms with van der Waals surface area (Å²) in [4.78, 5) is 22.9. The number of nitrogens with zero attached hydrogens (tertiary/aromatic N) is 5. The summed E-state index contributed by atoms with van der Waals surface area (Å²) in [7, 11) is 0. The number of ether oxygens (including phenoxy) is 1. The lowest BCUT2D eigenvalue weighted by molar-refractivity contribution is 0.0258. The molecular weight excluding hydrogens is 402 g/mol. The lowest BCUT2D eigenvalue weighted by Gasteiger charge is -2.26. The fourth-order valence-corrected chi connectivity index (χ4v) is 3.69. The monoisotopic (exact) mass is 425 g/mol. The first-order valence-corrected chi connectivity index (χ1v) is 10.2. The average molecular weight is 426 g/mol. The molecule has 1 aliphatic heterocycles. The Hall–Kier alpha value is -2.20. The minimum absolute atomic E-state index is 0.143. The quantitative estimate of drug-likeness (QED) is 0.720. The summed E-state index contributed by atoms with van der Waals surface area (Å²) in [5, 5.41) is 12.6. The first-order chi connectivity index (χ1) is 13.1. The van der Waals surface area contributed by atoms with Gasteiger partial charge in [-0.2, -0.15) is 0 Å². The number of nitrogens with one attached hydrogen (secondary N) is 1. The molecule has 1 atom stereocenters. The number of carbonyl (C=O) groups excluding carboxylic acids is 1. The van der Waals surface area contributed by atoms with Crippen LogP contribution in [0.4, 0.5) is 15.7 Å². The van der Waals surface area contributed by atoms with Crippen molar-refractivity contribution in [2.24, 2.45) is 0 Å². The van der Waals surface area contributed by atoms with Gasteiger partial charge in [0.15, 0.2) is 0 Å². The van der Waals surface area contributed by atoms with Crippen molar-refractivity contribution < 1.29 is 9.53 Å². The van der Waals surface area contributed by atoms with Gasteiger partial charge in [0.25, 0.3) is 0 Å². The zero-order chi connectivity index (χ0) is 20.5. The summed E-state index contributed by atoms with van der Waals surface area (Å²) < 4.78 is 5.49. The Labute approximate surface area is 172 Å². The van der Waals surface area contributed by atoms with Gasteiger partial charge in [0.1, 0.15) is 16.4 Å². The fourth-order valence-electron chi connectivity index (χ4n) is 2.89. The highest BCUT2D eigenvalue weighted by atomic mass is 35.5. The fraction of sp³-hybridized carbons (Fsp3) is 0.588. The highest BCUT2D eigenvalue weighted by Gasteiger charge is 2.27. The van der Waals surface area contributed by atoms with Crippen LogP contribution < -0.4 is 11.1 Å². The lowest BCUT2D eigenvalue weighted by Crippen LogP contribution is -2.38. The van der Waals surface area contributed by atoms with E-state index in [2.05, 4.69) is 25.5 Å². The number of carbonyl (C=O) groups is 1. The van der Waals surface area contributed by atoms with Crippen molar-refractivity contribution in [2.75, 3.05) is 24.1 Å². The molecule has 0 radical (unpaired) electrons. The number of halogens is 1. The van der Waals surface area contributed by atoms with Crippen molar-refractivity contribution in [3.63, 3.8) is 0 Å². The van der Waals surface area contributed by atoms with E-state index in [4.69, 9.17) is 22.1 Å². The van der Waals surface area contributed by atoms with E-state index in [0.29, 0.717) is 36.9 Å². The van der Waals surface area contributed by atoms with E-state index in [1.165, 1.54) is 11.3 Å². The Morgan fingerprint density at radius 1 is 1.29 bits per heavy atom. The van der Waals surface area contributed by atoms with Crippen molar-refractivity contribution in [3.05, 3.63) is 21.5 Å². The van der Waals surface area contributed by atoms with Gasteiger partial charge in [-0.25, -0.2) is 14.8 Å². The first-order valence-electron chi connectivity index (χ1n) is 9.01. The number of nitrogens with two attached hydrogens (primary N) is 1. The molecule has 2 aromatic rings. The van der Waals surface area contributed by atoms with E-state index in [0.717, 1.165) is 16.3 Å². The van der Waals surface area contributed by atoms with Gasteiger partial charge in [-0.1, -0.05) is 11.3 Å². The molecule has 9 nitrogen and oxygen atoms in total. The summed E-state index contributed by atoms with van der Waals surface area (Å²) in [6.07, 6.45) is 0.844. The van der Waals surface area contributed by atoms with Gasteiger partial charge < -0.3 is 20.7 Å². The summed E-state index contributed by atoms with van der Waals surface area (Å²) in [6.45, 7) is 8.54. The van der Waals surface area contributed by atoms with Gasteiger partial charge >= 0.3 is 6.09 Å². The molecule has 28 heavy (non-hydrogen) atoms. The molecule has 0 saturated heterocycles. The summed E-state index contributed by atoms with van der Waals surface area (Å²) in [6, 6.07) is -0.143. The number of hydrogen-bond acceptors (Lipinski definition) is 9. The molecule has 1 aliphatic rings. The van der Waals surface area contributed by atoms with E-state index in [9.17, 15) is 4.79 Å². The second-order valence-electron chi connectivity index (χ2n) is 7.58. The van der Waals surface area contributed by atoms with Gasteiger partial charge in [0, 0.05) is 25.1 Å². The van der Waals surface area contributed by atoms with Crippen molar-refractivity contribution in [1.29, 1.82) is 0 Å². The highest BCUT2D eigenvalue weighted by Crippen LogP contribution is 2.28. The van der Waals surface area contributed by atoms with Gasteiger partial charge in [0.2, 0.25) is 10.4 Å². The van der Waals surface area contributed by atoms with Crippen LogP contribution in [-0.2, 0) is 17.6 Å². The second-order valence-corrected chi connectivity index (χ2v) is 8.96. The highest BCUT2D eigenvalue weighted by molar-refractivity contribution is 7.15. The zero-order valence-electron chi connectivity index (χ0n) is 16.3. The van der Waals surface area contributed by atoms with Crippen LogP contribution in [-0.4, -0.2) is 49.8 Å². The largest absolute Gasteiger partial charge is 0.444 e. The lowest BCUT2D eigenvalue weighted by atomic mass is 10.1. The van der Waals surface area contributed by atoms with Crippen LogP contribution >= 0.6 is 22.9 Å². The maximum Gasteiger partial charge on any atom is 0.410 e. The van der Waals surface area contributed by atoms with Gasteiger partial charge in [-0.3, -0.25) is 0 Å². The van der Waals surface area contributed by atoms with Gasteiger partial charge in [-0.15, -0.1) is 10.2 Å². The summed E-state index contributed by atoms with van der Waals surface area (Å²) >= 11 is 7.46. The summed E-state index contributed by atoms with van der Waals surface area (Å²) in [5.74, 6) is 0.641. The normalized spacial score (nSPS) is 15.5. The number of anilines is 2. The molecule has 0 fully saturated rings. The number of hydrogen-bond donors (Lipinski definition) is 2. The third-order valence-corrected chi connectivity index (χ3v) is 5.25. The molecule has 0 saturated carbocycles. The number of amides is 1. The van der Waals surface area contributed by atoms with E-state index in [1.54, 1.807) is 4.90 Å². The average Bonchev–Trinajstić information content (AvgIpc) is 2.89. The van der Waals surface area contributed by atoms with Crippen molar-refractivity contribution in [1.82, 2.24) is 25.1 Å². The molecule has 3 rings (SSSR count). The predicted octanol–water partition coefficient (Wildman–Crippen LogP) is 3.07. The minimum Gasteiger partial charge on any atom is -0.444 e. The topological polar surface area (TPSA) is 119 Å². The molecule has 3 heterocycles. The van der Waals surface area contributed by atoms with Crippen LogP contribution in [0.25, 0.3) is 0 Å². The molecule has 2 aromatic heterocycles. The third-order valence-electron chi connectivity index (χ3n) is 4.15. The Morgan fingerprint density at radius 3 is 2.64 bits per heavy atom. The Balaban J connectivity index is 1.78. The standard InChI is InChI=1S/C17H24ClN7O2S/c1-9(13-23-24-15(19)28-13)20-12-10-5-7-25(16(26)27-17(2,3)4)8-6-11(10)21-14(18)22-12/h9H,5-8H2,1-4H3,(H2,19,24)(H,20,21,22). The number of nitrogen functional groups attached to an aromatic ring is 1. The van der Waals surface area contributed by atoms with Crippen LogP contribution in [0.2, 0.25) is 5.28 Å². The van der Waals surface area contributed by atoms with Crippen molar-refractivity contribution in [2.45, 2.75) is 52.2 Å². The maximum atomic E-state index is 12.4. The van der Waals surface area contributed by atoms with Crippen molar-refractivity contribution in [3.8, 4) is 0 Å². The van der Waals surface area contributed by atoms with Gasteiger partial charge in [0.05, 0.1) is 11.7 Å². The molecule has 1 amide bonds. The zero-order valence-corrected chi connectivity index (χ0v) is 17.9. The molecule has 0 aliphatic carbocycles. The van der Waals surface area contributed by atoms with Crippen LogP contribution in [0.1, 0.15) is 50.0 Å². The molecule has 0 bridgehead atoms. The molecule has 152 valence electrons. The van der Waals surface area contributed by atoms with Gasteiger partial charge in [-0.05, 0) is 45.7 Å². The second kappa shape index (κ2) is 8.04. The van der Waals surface area contributed by atoms with E-state index in [1.807, 2.05) is 27.7 Å². The predicted molar refractivity (Wildman–Crippen MR) is 109 cm³/mol. The number of rotatable bonds is 3. The summed E-state index contributed by atoms with van der Waals surface area (Å²) in [5.41, 5.74) is 6.91. The smallest absolute Gasteiger partial charge is 0.410 e. The van der Waals surface area contributed by atoms with Crippen LogP contribution in [0.15, 0.2) is 0 Å². The van der Waals surface area contributed by atoms with E-state index in [-0.39, 0.29) is 17.4 Å². The van der Waals surface area contributed by atoms with E-state index >= 15 is 0 Å². The SMILES string of the molecule is CC(Nc1nc(Cl)nc2c1CCN(C(=O)OC(C)(C)C)CC2)c1nnc(N)s1. The van der Waals surface area contributed by atoms with Crippen LogP contribution in [0, 0.1) is 0 Å². The van der Waals surface area contributed by atoms with Crippen LogP contribution in [0.5, 0.6) is 0 Å². The molecule has 0 spiro atoms. The molecular formula is C17H24ClN7O2S. The Morgan fingerprint density at radius 2 is 2.00 bits per heavy atom. The molecule has 3 N–H and O–H groups in total. The third kappa shape index (κ3) is 4.99. The van der Waals surface area contributed by atoms with Crippen molar-refractivity contribution >= 4 is 40.0 Å². The minimum atomic E-state index is -0.537. The Bertz CT molecular complexity index is 868. The maximum absolute atomic E-state index is 12.4. The first kappa shape index (κ1) is 20.5. The van der Waals surface area contributed by atoms with Crippen LogP contribution in [0.3, 0.4) is 0 Å². The van der Waals surface area contributed by atoms with E-state index < -0.39 is 5.60 Å². The molecule has 11 heteroatoms.